The van der Waals surface area contributed by atoms with E-state index in [1.807, 2.05) is 0 Å². The highest BCUT2D eigenvalue weighted by molar-refractivity contribution is 8.13. The van der Waals surface area contributed by atoms with Crippen molar-refractivity contribution in [1.82, 2.24) is 0 Å². The molecule has 0 fully saturated rings. The molecular weight excluding hydrogens is 381 g/mol. The van der Waals surface area contributed by atoms with Gasteiger partial charge in [0.25, 0.3) is 9.05 Å². The fourth-order valence-corrected chi connectivity index (χ4v) is 2.81. The maximum Gasteiger partial charge on any atom is 0.261 e. The Bertz CT molecular complexity index is 953. The van der Waals surface area contributed by atoms with Crippen LogP contribution in [0.3, 0.4) is 0 Å². The lowest BCUT2D eigenvalue weighted by Crippen LogP contribution is -1.95. The molecule has 0 saturated heterocycles. The van der Waals surface area contributed by atoms with Gasteiger partial charge in [-0.3, -0.25) is 0 Å². The molecule has 11 heteroatoms. The molecule has 0 radical (unpaired) electrons. The highest BCUT2D eigenvalue weighted by atomic mass is 35.7. The predicted octanol–water partition coefficient (Wildman–Crippen LogP) is 3.79. The minimum atomic E-state index is -3.71. The minimum absolute atomic E-state index is 0.0967. The average molecular weight is 392 g/mol. The summed E-state index contributed by atoms with van der Waals surface area (Å²) < 4.78 is 55.4. The standard InChI is InChI=1S/C7H7N3O2S.C6H4ClFO2S/c1-13(11,12)7-4-2-6(3-5-7)9-10-8;7-11(9,10)6-3-1-5(8)2-4-6/h2-5H,1H3;1-4H. The molecule has 0 aliphatic heterocycles. The maximum absolute atomic E-state index is 12.2. The van der Waals surface area contributed by atoms with Crippen molar-refractivity contribution in [1.29, 1.82) is 0 Å². The van der Waals surface area contributed by atoms with Crippen molar-refractivity contribution in [2.45, 2.75) is 9.79 Å². The van der Waals surface area contributed by atoms with E-state index < -0.39 is 24.7 Å². The molecule has 2 aromatic carbocycles. The summed E-state index contributed by atoms with van der Waals surface area (Å²) in [4.78, 5) is 2.69. The van der Waals surface area contributed by atoms with Crippen LogP contribution in [0.15, 0.2) is 63.4 Å². The summed E-state index contributed by atoms with van der Waals surface area (Å²) in [6.07, 6.45) is 1.12. The van der Waals surface area contributed by atoms with E-state index in [2.05, 4.69) is 10.0 Å². The molecule has 7 nitrogen and oxygen atoms in total. The molecule has 0 bridgehead atoms. The third kappa shape index (κ3) is 6.55. The molecular formula is C13H11ClFN3O4S2. The topological polar surface area (TPSA) is 117 Å². The number of hydrogen-bond acceptors (Lipinski definition) is 5. The molecule has 2 rings (SSSR count). The zero-order chi connectivity index (χ0) is 18.4. The zero-order valence-electron chi connectivity index (χ0n) is 12.2. The largest absolute Gasteiger partial charge is 0.261 e. The van der Waals surface area contributed by atoms with Gasteiger partial charge in [-0.25, -0.2) is 21.2 Å². The van der Waals surface area contributed by atoms with Crippen molar-refractivity contribution in [3.05, 3.63) is 64.8 Å². The SMILES string of the molecule is CS(=O)(=O)c1ccc(N=[N+]=[N-])cc1.O=S(=O)(Cl)c1ccc(F)cc1. The van der Waals surface area contributed by atoms with E-state index in [4.69, 9.17) is 16.2 Å². The quantitative estimate of drug-likeness (QED) is 0.342. The molecule has 0 heterocycles. The van der Waals surface area contributed by atoms with Gasteiger partial charge in [0, 0.05) is 27.5 Å². The van der Waals surface area contributed by atoms with Crippen molar-refractivity contribution in [3.8, 4) is 0 Å². The van der Waals surface area contributed by atoms with E-state index in [9.17, 15) is 21.2 Å². The van der Waals surface area contributed by atoms with Crippen molar-refractivity contribution >= 4 is 35.3 Å². The second kappa shape index (κ2) is 8.11. The van der Waals surface area contributed by atoms with Gasteiger partial charge in [-0.1, -0.05) is 17.2 Å². The fourth-order valence-electron chi connectivity index (χ4n) is 1.41. The number of halogens is 2. The van der Waals surface area contributed by atoms with Crippen LogP contribution < -0.4 is 0 Å². The van der Waals surface area contributed by atoms with Gasteiger partial charge < -0.3 is 0 Å². The first-order valence-corrected chi connectivity index (χ1v) is 10.3. The Labute approximate surface area is 142 Å². The van der Waals surface area contributed by atoms with Crippen LogP contribution in [0, 0.1) is 5.82 Å². The van der Waals surface area contributed by atoms with Crippen molar-refractivity contribution in [2.24, 2.45) is 5.11 Å². The van der Waals surface area contributed by atoms with E-state index in [-0.39, 0.29) is 9.79 Å². The predicted molar refractivity (Wildman–Crippen MR) is 87.8 cm³/mol. The highest BCUT2D eigenvalue weighted by Crippen LogP contribution is 2.16. The summed E-state index contributed by atoms with van der Waals surface area (Å²) in [6.45, 7) is 0. The summed E-state index contributed by atoms with van der Waals surface area (Å²) >= 11 is 0. The van der Waals surface area contributed by atoms with Crippen molar-refractivity contribution < 1.29 is 21.2 Å². The van der Waals surface area contributed by atoms with Crippen LogP contribution >= 0.6 is 10.7 Å². The van der Waals surface area contributed by atoms with Crippen LogP contribution in [0.25, 0.3) is 10.4 Å². The monoisotopic (exact) mass is 391 g/mol. The number of nitrogens with zero attached hydrogens (tertiary/aromatic N) is 3. The fraction of sp³-hybridized carbons (Fsp3) is 0.0769. The van der Waals surface area contributed by atoms with Gasteiger partial charge in [0.05, 0.1) is 9.79 Å². The summed E-state index contributed by atoms with van der Waals surface area (Å²) in [6, 6.07) is 10.0. The molecule has 2 aromatic rings. The molecule has 0 atom stereocenters. The molecule has 128 valence electrons. The third-order valence-corrected chi connectivity index (χ3v) is 5.02. The lowest BCUT2D eigenvalue weighted by Gasteiger charge is -1.96. The van der Waals surface area contributed by atoms with Gasteiger partial charge in [-0.05, 0) is 41.9 Å². The van der Waals surface area contributed by atoms with Crippen LogP contribution in [0.5, 0.6) is 0 Å². The molecule has 0 aliphatic carbocycles. The summed E-state index contributed by atoms with van der Waals surface area (Å²) in [5.41, 5.74) is 8.49. The molecule has 24 heavy (non-hydrogen) atoms. The van der Waals surface area contributed by atoms with Gasteiger partial charge in [0.15, 0.2) is 9.84 Å². The normalized spacial score (nSPS) is 11.0. The zero-order valence-corrected chi connectivity index (χ0v) is 14.6. The number of sulfone groups is 1. The Morgan fingerprint density at radius 1 is 0.958 bits per heavy atom. The van der Waals surface area contributed by atoms with Crippen LogP contribution in [-0.2, 0) is 18.9 Å². The van der Waals surface area contributed by atoms with Gasteiger partial charge >= 0.3 is 0 Å². The van der Waals surface area contributed by atoms with Gasteiger partial charge in [-0.15, -0.1) is 0 Å². The van der Waals surface area contributed by atoms with Crippen LogP contribution in [0.2, 0.25) is 0 Å². The minimum Gasteiger partial charge on any atom is -0.224 e. The van der Waals surface area contributed by atoms with E-state index in [1.54, 1.807) is 0 Å². The third-order valence-electron chi connectivity index (χ3n) is 2.52. The maximum atomic E-state index is 12.2. The lowest BCUT2D eigenvalue weighted by molar-refractivity contribution is 0.601. The van der Waals surface area contributed by atoms with Crippen molar-refractivity contribution in [2.75, 3.05) is 6.26 Å². The first-order valence-electron chi connectivity index (χ1n) is 6.09. The lowest BCUT2D eigenvalue weighted by atomic mass is 10.3. The Balaban J connectivity index is 0.000000243. The van der Waals surface area contributed by atoms with Crippen molar-refractivity contribution in [3.63, 3.8) is 0 Å². The van der Waals surface area contributed by atoms with Gasteiger partial charge in [0.2, 0.25) is 0 Å². The second-order valence-corrected chi connectivity index (χ2v) is 8.93. The van der Waals surface area contributed by atoms with E-state index in [1.165, 1.54) is 24.3 Å². The number of hydrogen-bond donors (Lipinski definition) is 0. The van der Waals surface area contributed by atoms with Crippen LogP contribution in [0.1, 0.15) is 0 Å². The molecule has 0 spiro atoms. The van der Waals surface area contributed by atoms with E-state index in [0.29, 0.717) is 5.69 Å². The Morgan fingerprint density at radius 2 is 1.42 bits per heavy atom. The summed E-state index contributed by atoms with van der Waals surface area (Å²) in [5.74, 6) is -0.492. The highest BCUT2D eigenvalue weighted by Gasteiger charge is 2.08. The first-order chi connectivity index (χ1) is 11.0. The second-order valence-electron chi connectivity index (χ2n) is 4.35. The number of benzene rings is 2. The smallest absolute Gasteiger partial charge is 0.224 e. The van der Waals surface area contributed by atoms with E-state index >= 15 is 0 Å². The molecule has 0 aliphatic rings. The van der Waals surface area contributed by atoms with Gasteiger partial charge in [0.1, 0.15) is 5.82 Å². The molecule has 0 unspecified atom stereocenters. The first kappa shape index (κ1) is 19.9. The Hall–Kier alpha value is -2.13. The van der Waals surface area contributed by atoms with Gasteiger partial charge in [-0.2, -0.15) is 0 Å². The van der Waals surface area contributed by atoms with Crippen LogP contribution in [0.4, 0.5) is 10.1 Å². The molecule has 0 N–H and O–H groups in total. The summed E-state index contributed by atoms with van der Waals surface area (Å²) in [5, 5.41) is 3.32. The van der Waals surface area contributed by atoms with E-state index in [0.717, 1.165) is 30.5 Å². The molecule has 0 amide bonds. The average Bonchev–Trinajstić information content (AvgIpc) is 2.47. The Kier molecular flexibility index (Phi) is 6.73. The Morgan fingerprint density at radius 3 is 1.79 bits per heavy atom. The van der Waals surface area contributed by atoms with Crippen LogP contribution in [-0.4, -0.2) is 23.1 Å². The number of azide groups is 1. The summed E-state index contributed by atoms with van der Waals surface area (Å²) in [7, 11) is -1.92. The molecule has 0 aromatic heterocycles. The molecule has 0 saturated carbocycles. The number of rotatable bonds is 3.